The molecule has 0 radical (unpaired) electrons. The third-order valence-corrected chi connectivity index (χ3v) is 3.83. The van der Waals surface area contributed by atoms with Crippen LogP contribution in [0.5, 0.6) is 0 Å². The predicted octanol–water partition coefficient (Wildman–Crippen LogP) is 3.45. The highest BCUT2D eigenvalue weighted by molar-refractivity contribution is 7.17. The molecule has 6 heteroatoms. The van der Waals surface area contributed by atoms with Crippen molar-refractivity contribution in [1.82, 2.24) is 4.98 Å². The van der Waals surface area contributed by atoms with Gasteiger partial charge in [0.15, 0.2) is 5.13 Å². The normalized spacial score (nSPS) is 10.5. The van der Waals surface area contributed by atoms with Gasteiger partial charge < -0.3 is 10.0 Å². The van der Waals surface area contributed by atoms with Crippen molar-refractivity contribution in [3.05, 3.63) is 40.7 Å². The van der Waals surface area contributed by atoms with Crippen LogP contribution in [-0.2, 0) is 0 Å². The number of hydrogen-bond donors (Lipinski definition) is 1. The summed E-state index contributed by atoms with van der Waals surface area (Å²) in [6.45, 7) is 4.22. The number of aromatic nitrogens is 1. The van der Waals surface area contributed by atoms with Crippen LogP contribution in [0.25, 0.3) is 0 Å². The number of benzene rings is 1. The summed E-state index contributed by atoms with van der Waals surface area (Å²) in [4.78, 5) is 17.4. The summed E-state index contributed by atoms with van der Waals surface area (Å²) < 4.78 is 12.9. The van der Waals surface area contributed by atoms with Gasteiger partial charge in [-0.05, 0) is 38.1 Å². The van der Waals surface area contributed by atoms with Crippen molar-refractivity contribution in [1.29, 1.82) is 0 Å². The maximum Gasteiger partial charge on any atom is 0.347 e. The van der Waals surface area contributed by atoms with E-state index in [-0.39, 0.29) is 10.7 Å². The Hall–Kier alpha value is -1.95. The van der Waals surface area contributed by atoms with Crippen molar-refractivity contribution in [3.8, 4) is 0 Å². The summed E-state index contributed by atoms with van der Waals surface area (Å²) in [7, 11) is 0. The topological polar surface area (TPSA) is 53.4 Å². The molecule has 0 aliphatic carbocycles. The number of aryl methyl sites for hydroxylation is 1. The molecular formula is C13H13FN2O2S. The molecule has 1 heterocycles. The van der Waals surface area contributed by atoms with Gasteiger partial charge in [0.05, 0.1) is 5.69 Å². The average molecular weight is 280 g/mol. The summed E-state index contributed by atoms with van der Waals surface area (Å²) in [6.07, 6.45) is 0. The second-order valence-electron chi connectivity index (χ2n) is 3.94. The van der Waals surface area contributed by atoms with E-state index in [2.05, 4.69) is 4.98 Å². The first-order chi connectivity index (χ1) is 9.02. The number of carbonyl (C=O) groups is 1. The molecule has 0 aliphatic heterocycles. The zero-order valence-electron chi connectivity index (χ0n) is 10.6. The van der Waals surface area contributed by atoms with Crippen molar-refractivity contribution < 1.29 is 14.3 Å². The van der Waals surface area contributed by atoms with Crippen LogP contribution in [0, 0.1) is 12.7 Å². The van der Waals surface area contributed by atoms with Gasteiger partial charge in [-0.25, -0.2) is 14.2 Å². The zero-order valence-corrected chi connectivity index (χ0v) is 11.4. The highest BCUT2D eigenvalue weighted by Gasteiger charge is 2.18. The Kier molecular flexibility index (Phi) is 3.80. The second kappa shape index (κ2) is 5.36. The van der Waals surface area contributed by atoms with Crippen LogP contribution in [0.2, 0.25) is 0 Å². The van der Waals surface area contributed by atoms with E-state index >= 15 is 0 Å². The summed E-state index contributed by atoms with van der Waals surface area (Å²) in [5.41, 5.74) is 1.28. The van der Waals surface area contributed by atoms with Crippen LogP contribution in [0.3, 0.4) is 0 Å². The lowest BCUT2D eigenvalue weighted by molar-refractivity contribution is 0.0701. The van der Waals surface area contributed by atoms with Gasteiger partial charge in [-0.1, -0.05) is 11.3 Å². The average Bonchev–Trinajstić information content (AvgIpc) is 2.75. The van der Waals surface area contributed by atoms with E-state index < -0.39 is 5.97 Å². The van der Waals surface area contributed by atoms with Crippen LogP contribution in [0.4, 0.5) is 15.2 Å². The Morgan fingerprint density at radius 1 is 1.42 bits per heavy atom. The minimum atomic E-state index is -0.976. The van der Waals surface area contributed by atoms with Gasteiger partial charge in [0.25, 0.3) is 0 Å². The van der Waals surface area contributed by atoms with E-state index in [1.165, 1.54) is 12.1 Å². The lowest BCUT2D eigenvalue weighted by atomic mass is 10.3. The lowest BCUT2D eigenvalue weighted by Gasteiger charge is -2.19. The minimum Gasteiger partial charge on any atom is -0.477 e. The third-order valence-electron chi connectivity index (χ3n) is 2.66. The molecule has 0 saturated carbocycles. The molecule has 0 spiro atoms. The molecule has 0 saturated heterocycles. The molecule has 2 aromatic rings. The number of hydrogen-bond acceptors (Lipinski definition) is 4. The fraction of sp³-hybridized carbons (Fsp3) is 0.231. The van der Waals surface area contributed by atoms with Gasteiger partial charge in [-0.15, -0.1) is 0 Å². The second-order valence-corrected chi connectivity index (χ2v) is 4.91. The fourth-order valence-corrected chi connectivity index (χ4v) is 2.74. The van der Waals surface area contributed by atoms with Gasteiger partial charge in [0.1, 0.15) is 10.7 Å². The standard InChI is InChI=1S/C13H13FN2O2S/c1-3-16(10-6-4-9(14)5-7-10)13-15-8(2)11(19-13)12(17)18/h4-7H,3H2,1-2H3,(H,17,18). The van der Waals surface area contributed by atoms with E-state index in [9.17, 15) is 9.18 Å². The maximum atomic E-state index is 12.9. The third kappa shape index (κ3) is 2.73. The van der Waals surface area contributed by atoms with Gasteiger partial charge in [-0.2, -0.15) is 0 Å². The molecule has 0 atom stereocenters. The largest absolute Gasteiger partial charge is 0.477 e. The number of halogens is 1. The van der Waals surface area contributed by atoms with Crippen molar-refractivity contribution >= 4 is 28.1 Å². The Bertz CT molecular complexity index is 595. The number of nitrogens with zero attached hydrogens (tertiary/aromatic N) is 2. The van der Waals surface area contributed by atoms with E-state index in [0.717, 1.165) is 17.0 Å². The van der Waals surface area contributed by atoms with Crippen LogP contribution in [-0.4, -0.2) is 22.6 Å². The quantitative estimate of drug-likeness (QED) is 0.932. The maximum absolute atomic E-state index is 12.9. The van der Waals surface area contributed by atoms with Crippen molar-refractivity contribution in [2.45, 2.75) is 13.8 Å². The molecular weight excluding hydrogens is 267 g/mol. The van der Waals surface area contributed by atoms with Gasteiger partial charge in [-0.3, -0.25) is 0 Å². The first kappa shape index (κ1) is 13.5. The molecule has 1 aromatic carbocycles. The number of anilines is 2. The fourth-order valence-electron chi connectivity index (χ4n) is 1.75. The van der Waals surface area contributed by atoms with E-state index in [0.29, 0.717) is 17.4 Å². The molecule has 0 amide bonds. The van der Waals surface area contributed by atoms with E-state index in [1.54, 1.807) is 19.1 Å². The van der Waals surface area contributed by atoms with Gasteiger partial charge in [0, 0.05) is 12.2 Å². The van der Waals surface area contributed by atoms with Crippen LogP contribution in [0.15, 0.2) is 24.3 Å². The summed E-state index contributed by atoms with van der Waals surface area (Å²) in [6, 6.07) is 6.04. The molecule has 100 valence electrons. The minimum absolute atomic E-state index is 0.232. The van der Waals surface area contributed by atoms with Crippen LogP contribution >= 0.6 is 11.3 Å². The lowest BCUT2D eigenvalue weighted by Crippen LogP contribution is -2.15. The number of carboxylic acids is 1. The SMILES string of the molecule is CCN(c1ccc(F)cc1)c1nc(C)c(C(=O)O)s1. The van der Waals surface area contributed by atoms with Gasteiger partial charge >= 0.3 is 5.97 Å². The predicted molar refractivity (Wildman–Crippen MR) is 72.9 cm³/mol. The summed E-state index contributed by atoms with van der Waals surface area (Å²) in [5, 5.41) is 9.64. The first-order valence-electron chi connectivity index (χ1n) is 5.76. The molecule has 4 nitrogen and oxygen atoms in total. The van der Waals surface area contributed by atoms with Crippen molar-refractivity contribution in [2.24, 2.45) is 0 Å². The Morgan fingerprint density at radius 3 is 2.53 bits per heavy atom. The smallest absolute Gasteiger partial charge is 0.347 e. The molecule has 0 aliphatic rings. The van der Waals surface area contributed by atoms with Crippen LogP contribution in [0.1, 0.15) is 22.3 Å². The number of carboxylic acid groups (broad SMARTS) is 1. The Morgan fingerprint density at radius 2 is 2.05 bits per heavy atom. The molecule has 0 unspecified atom stereocenters. The molecule has 0 bridgehead atoms. The van der Waals surface area contributed by atoms with E-state index in [1.807, 2.05) is 11.8 Å². The number of aromatic carboxylic acids is 1. The highest BCUT2D eigenvalue weighted by atomic mass is 32.1. The summed E-state index contributed by atoms with van der Waals surface area (Å²) in [5.74, 6) is -1.28. The monoisotopic (exact) mass is 280 g/mol. The zero-order chi connectivity index (χ0) is 14.0. The first-order valence-corrected chi connectivity index (χ1v) is 6.58. The highest BCUT2D eigenvalue weighted by Crippen LogP contribution is 2.31. The molecule has 19 heavy (non-hydrogen) atoms. The molecule has 1 N–H and O–H groups in total. The Labute approximate surface area is 114 Å². The van der Waals surface area contributed by atoms with Crippen molar-refractivity contribution in [3.63, 3.8) is 0 Å². The number of thiazole rings is 1. The summed E-state index contributed by atoms with van der Waals surface area (Å²) >= 11 is 1.12. The van der Waals surface area contributed by atoms with E-state index in [4.69, 9.17) is 5.11 Å². The molecule has 2 rings (SSSR count). The number of rotatable bonds is 4. The molecule has 0 fully saturated rings. The Balaban J connectivity index is 2.39. The van der Waals surface area contributed by atoms with Crippen LogP contribution < -0.4 is 4.90 Å². The van der Waals surface area contributed by atoms with Gasteiger partial charge in [0.2, 0.25) is 0 Å². The van der Waals surface area contributed by atoms with Crippen molar-refractivity contribution in [2.75, 3.05) is 11.4 Å². The molecule has 1 aromatic heterocycles.